The molecule has 0 spiro atoms. The van der Waals surface area contributed by atoms with Crippen molar-refractivity contribution in [1.82, 2.24) is 14.5 Å². The number of rotatable bonds is 5. The number of nitrogen functional groups attached to an aromatic ring is 1. The van der Waals surface area contributed by atoms with Crippen LogP contribution in [0.25, 0.3) is 11.3 Å². The number of nitrogens with two attached hydrogens (primary N) is 1. The van der Waals surface area contributed by atoms with Crippen molar-refractivity contribution in [3.63, 3.8) is 0 Å². The van der Waals surface area contributed by atoms with Crippen LogP contribution in [0.1, 0.15) is 39.8 Å². The summed E-state index contributed by atoms with van der Waals surface area (Å²) in [6, 6.07) is 7.84. The van der Waals surface area contributed by atoms with E-state index in [9.17, 15) is 4.79 Å². The van der Waals surface area contributed by atoms with E-state index in [4.69, 9.17) is 15.2 Å². The normalized spacial score (nSPS) is 12.2. The first kappa shape index (κ1) is 19.0. The zero-order valence-corrected chi connectivity index (χ0v) is 16.9. The maximum absolute atomic E-state index is 12.9. The highest BCUT2D eigenvalue weighted by molar-refractivity contribution is 5.94. The molecule has 0 fully saturated rings. The van der Waals surface area contributed by atoms with Gasteiger partial charge in [-0.05, 0) is 55.5 Å². The molecule has 7 nitrogen and oxygen atoms in total. The largest absolute Gasteiger partial charge is 0.497 e. The lowest BCUT2D eigenvalue weighted by molar-refractivity contribution is 0.0512. The molecule has 0 saturated carbocycles. The lowest BCUT2D eigenvalue weighted by atomic mass is 9.90. The number of hydrogen-bond acceptors (Lipinski definition) is 6. The predicted molar refractivity (Wildman–Crippen MR) is 110 cm³/mol. The fraction of sp³-hybridized carbons (Fsp3) is 0.318. The van der Waals surface area contributed by atoms with Gasteiger partial charge in [0.25, 0.3) is 0 Å². The van der Waals surface area contributed by atoms with Crippen LogP contribution >= 0.6 is 0 Å². The fourth-order valence-corrected chi connectivity index (χ4v) is 3.98. The molecular formula is C22H24N4O3. The quantitative estimate of drug-likeness (QED) is 0.671. The van der Waals surface area contributed by atoms with Gasteiger partial charge in [0.2, 0.25) is 5.95 Å². The number of carbonyl (C=O) groups excluding carboxylic acids is 1. The van der Waals surface area contributed by atoms with Gasteiger partial charge in [0.15, 0.2) is 0 Å². The molecular weight excluding hydrogens is 368 g/mol. The first-order valence-electron chi connectivity index (χ1n) is 9.67. The second-order valence-corrected chi connectivity index (χ2v) is 7.04. The van der Waals surface area contributed by atoms with Crippen molar-refractivity contribution in [2.24, 2.45) is 0 Å². The van der Waals surface area contributed by atoms with Crippen molar-refractivity contribution in [1.29, 1.82) is 0 Å². The SMILES string of the molecule is CCOC(=O)c1c2c(c(C)n1Cc1ccc(OC)cc1)-c1nc(N)ncc1CC2. The van der Waals surface area contributed by atoms with Crippen LogP contribution in [-0.2, 0) is 24.1 Å². The second-order valence-electron chi connectivity index (χ2n) is 7.04. The minimum Gasteiger partial charge on any atom is -0.497 e. The third-order valence-electron chi connectivity index (χ3n) is 5.36. The summed E-state index contributed by atoms with van der Waals surface area (Å²) < 4.78 is 12.7. The van der Waals surface area contributed by atoms with E-state index in [0.717, 1.165) is 52.2 Å². The third-order valence-corrected chi connectivity index (χ3v) is 5.36. The van der Waals surface area contributed by atoms with Gasteiger partial charge in [-0.25, -0.2) is 14.8 Å². The number of fused-ring (bicyclic) bond motifs is 3. The Morgan fingerprint density at radius 2 is 2.00 bits per heavy atom. The Labute approximate surface area is 169 Å². The van der Waals surface area contributed by atoms with Crippen LogP contribution < -0.4 is 10.5 Å². The standard InChI is InChI=1S/C22H24N4O3/c1-4-29-21(27)20-17-10-7-15-11-24-22(23)25-19(15)18(17)13(2)26(20)12-14-5-8-16(28-3)9-6-14/h5-6,8-9,11H,4,7,10,12H2,1-3H3,(H2,23,24,25). The van der Waals surface area contributed by atoms with Gasteiger partial charge in [-0.15, -0.1) is 0 Å². The predicted octanol–water partition coefficient (Wildman–Crippen LogP) is 3.17. The minimum absolute atomic E-state index is 0.233. The Bertz CT molecular complexity index is 1070. The Morgan fingerprint density at radius 1 is 1.24 bits per heavy atom. The minimum atomic E-state index is -0.309. The van der Waals surface area contributed by atoms with Crippen LogP contribution in [0.5, 0.6) is 5.75 Å². The molecule has 2 aromatic heterocycles. The van der Waals surface area contributed by atoms with Gasteiger partial charge in [-0.1, -0.05) is 12.1 Å². The van der Waals surface area contributed by atoms with Gasteiger partial charge in [0, 0.05) is 24.0 Å². The van der Waals surface area contributed by atoms with Gasteiger partial charge in [-0.3, -0.25) is 0 Å². The van der Waals surface area contributed by atoms with E-state index in [-0.39, 0.29) is 11.9 Å². The molecule has 0 saturated heterocycles. The number of hydrogen-bond donors (Lipinski definition) is 1. The number of aromatic nitrogens is 3. The van der Waals surface area contributed by atoms with E-state index >= 15 is 0 Å². The highest BCUT2D eigenvalue weighted by Gasteiger charge is 2.31. The molecule has 2 N–H and O–H groups in total. The smallest absolute Gasteiger partial charge is 0.355 e. The summed E-state index contributed by atoms with van der Waals surface area (Å²) >= 11 is 0. The molecule has 0 atom stereocenters. The Morgan fingerprint density at radius 3 is 2.69 bits per heavy atom. The molecule has 150 valence electrons. The number of aryl methyl sites for hydroxylation is 1. The van der Waals surface area contributed by atoms with Crippen LogP contribution in [0.2, 0.25) is 0 Å². The van der Waals surface area contributed by atoms with Crippen LogP contribution in [0.4, 0.5) is 5.95 Å². The average Bonchev–Trinajstić information content (AvgIpc) is 3.01. The molecule has 0 unspecified atom stereocenters. The molecule has 0 bridgehead atoms. The second kappa shape index (κ2) is 7.58. The van der Waals surface area contributed by atoms with Crippen LogP contribution in [0.15, 0.2) is 30.5 Å². The molecule has 0 radical (unpaired) electrons. The molecule has 3 aromatic rings. The molecule has 1 aliphatic rings. The number of benzene rings is 1. The average molecular weight is 392 g/mol. The molecule has 29 heavy (non-hydrogen) atoms. The Balaban J connectivity index is 1.87. The monoisotopic (exact) mass is 392 g/mol. The number of anilines is 1. The van der Waals surface area contributed by atoms with Crippen molar-refractivity contribution in [2.45, 2.75) is 33.2 Å². The summed E-state index contributed by atoms with van der Waals surface area (Å²) in [7, 11) is 1.64. The van der Waals surface area contributed by atoms with Crippen molar-refractivity contribution < 1.29 is 14.3 Å². The summed E-state index contributed by atoms with van der Waals surface area (Å²) in [5.74, 6) is 0.719. The highest BCUT2D eigenvalue weighted by Crippen LogP contribution is 2.39. The van der Waals surface area contributed by atoms with Crippen LogP contribution in [0, 0.1) is 6.92 Å². The molecule has 1 aromatic carbocycles. The molecule has 7 heteroatoms. The molecule has 2 heterocycles. The maximum Gasteiger partial charge on any atom is 0.355 e. The first-order valence-corrected chi connectivity index (χ1v) is 9.67. The summed E-state index contributed by atoms with van der Waals surface area (Å²) in [4.78, 5) is 21.5. The van der Waals surface area contributed by atoms with Gasteiger partial charge in [0.05, 0.1) is 19.4 Å². The summed E-state index contributed by atoms with van der Waals surface area (Å²) in [5, 5.41) is 0. The van der Waals surface area contributed by atoms with Gasteiger partial charge in [-0.2, -0.15) is 0 Å². The Kier molecular flexibility index (Phi) is 4.96. The lowest BCUT2D eigenvalue weighted by Gasteiger charge is -2.16. The van der Waals surface area contributed by atoms with Crippen molar-refractivity contribution in [3.05, 3.63) is 58.5 Å². The highest BCUT2D eigenvalue weighted by atomic mass is 16.5. The van der Waals surface area contributed by atoms with Crippen LogP contribution in [0.3, 0.4) is 0 Å². The first-order chi connectivity index (χ1) is 14.0. The van der Waals surface area contributed by atoms with Gasteiger partial charge >= 0.3 is 5.97 Å². The zero-order chi connectivity index (χ0) is 20.5. The van der Waals surface area contributed by atoms with Crippen LogP contribution in [-0.4, -0.2) is 34.2 Å². The summed E-state index contributed by atoms with van der Waals surface area (Å²) in [6.45, 7) is 4.70. The zero-order valence-electron chi connectivity index (χ0n) is 16.9. The fourth-order valence-electron chi connectivity index (χ4n) is 3.98. The molecule has 0 amide bonds. The van der Waals surface area contributed by atoms with E-state index in [1.807, 2.05) is 42.7 Å². The summed E-state index contributed by atoms with van der Waals surface area (Å²) in [5.41, 5.74) is 12.3. The third kappa shape index (κ3) is 3.33. The number of carbonyl (C=O) groups is 1. The molecule has 4 rings (SSSR count). The van der Waals surface area contributed by atoms with Gasteiger partial charge < -0.3 is 19.8 Å². The number of methoxy groups -OCH3 is 1. The van der Waals surface area contributed by atoms with Crippen molar-refractivity contribution in [3.8, 4) is 17.0 Å². The lowest BCUT2D eigenvalue weighted by Crippen LogP contribution is -2.16. The van der Waals surface area contributed by atoms with Gasteiger partial charge in [0.1, 0.15) is 11.4 Å². The van der Waals surface area contributed by atoms with E-state index in [1.54, 1.807) is 13.3 Å². The van der Waals surface area contributed by atoms with E-state index in [1.165, 1.54) is 0 Å². The molecule has 1 aliphatic carbocycles. The maximum atomic E-state index is 12.9. The summed E-state index contributed by atoms with van der Waals surface area (Å²) in [6.07, 6.45) is 3.28. The van der Waals surface area contributed by atoms with E-state index < -0.39 is 0 Å². The number of ether oxygens (including phenoxy) is 2. The van der Waals surface area contributed by atoms with Crippen molar-refractivity contribution in [2.75, 3.05) is 19.5 Å². The number of nitrogens with zero attached hydrogens (tertiary/aromatic N) is 3. The topological polar surface area (TPSA) is 92.3 Å². The molecule has 0 aliphatic heterocycles. The number of esters is 1. The Hall–Kier alpha value is -3.35. The van der Waals surface area contributed by atoms with E-state index in [2.05, 4.69) is 9.97 Å². The van der Waals surface area contributed by atoms with Crippen molar-refractivity contribution >= 4 is 11.9 Å². The van der Waals surface area contributed by atoms with E-state index in [0.29, 0.717) is 18.8 Å².